The molecule has 3 aliphatic heterocycles. The number of hydrogen-bond acceptors (Lipinski definition) is 4. The number of benzene rings is 2. The molecule has 2 aromatic carbocycles. The second-order valence-electron chi connectivity index (χ2n) is 8.50. The zero-order valence-corrected chi connectivity index (χ0v) is 17.5. The molecule has 0 N–H and O–H groups in total. The van der Waals surface area contributed by atoms with Crippen LogP contribution >= 0.6 is 0 Å². The van der Waals surface area contributed by atoms with Gasteiger partial charge in [0.1, 0.15) is 6.04 Å². The van der Waals surface area contributed by atoms with E-state index in [4.69, 9.17) is 9.72 Å². The van der Waals surface area contributed by atoms with Crippen LogP contribution in [0.5, 0.6) is 0 Å². The minimum absolute atomic E-state index is 0.0688. The van der Waals surface area contributed by atoms with E-state index in [0.29, 0.717) is 13.2 Å². The number of aromatic nitrogens is 1. The molecule has 3 aromatic rings. The minimum atomic E-state index is -0.0688. The molecule has 3 aliphatic rings. The van der Waals surface area contributed by atoms with E-state index in [9.17, 15) is 4.79 Å². The summed E-state index contributed by atoms with van der Waals surface area (Å²) in [6.07, 6.45) is 1.66. The molecule has 1 amide bonds. The van der Waals surface area contributed by atoms with Crippen LogP contribution in [0, 0.1) is 0 Å². The van der Waals surface area contributed by atoms with Crippen LogP contribution in [0.2, 0.25) is 0 Å². The quantitative estimate of drug-likeness (QED) is 0.661. The molecule has 6 rings (SSSR count). The Morgan fingerprint density at radius 2 is 1.74 bits per heavy atom. The van der Waals surface area contributed by atoms with Gasteiger partial charge in [-0.25, -0.2) is 0 Å². The Hall–Kier alpha value is -3.18. The number of fused-ring (bicyclic) bond motifs is 5. The lowest BCUT2D eigenvalue weighted by molar-refractivity contribution is 0.0739. The minimum Gasteiger partial charge on any atom is -0.378 e. The summed E-state index contributed by atoms with van der Waals surface area (Å²) < 4.78 is 5.57. The first-order valence-corrected chi connectivity index (χ1v) is 11.1. The first-order chi connectivity index (χ1) is 15.3. The van der Waals surface area contributed by atoms with Crippen molar-refractivity contribution in [1.29, 1.82) is 0 Å². The Morgan fingerprint density at radius 3 is 2.58 bits per heavy atom. The predicted molar refractivity (Wildman–Crippen MR) is 120 cm³/mol. The Labute approximate surface area is 182 Å². The highest BCUT2D eigenvalue weighted by molar-refractivity contribution is 6.00. The zero-order valence-electron chi connectivity index (χ0n) is 17.5. The second-order valence-corrected chi connectivity index (χ2v) is 8.50. The van der Waals surface area contributed by atoms with E-state index in [1.54, 1.807) is 0 Å². The van der Waals surface area contributed by atoms with E-state index in [1.807, 2.05) is 11.0 Å². The van der Waals surface area contributed by atoms with Gasteiger partial charge in [0.25, 0.3) is 5.91 Å². The van der Waals surface area contributed by atoms with Gasteiger partial charge in [-0.3, -0.25) is 9.78 Å². The number of ether oxygens (including phenoxy) is 1. The summed E-state index contributed by atoms with van der Waals surface area (Å²) in [5.74, 6) is 0.114. The third-order valence-corrected chi connectivity index (χ3v) is 6.71. The average molecular weight is 412 g/mol. The van der Waals surface area contributed by atoms with Gasteiger partial charge in [-0.2, -0.15) is 0 Å². The fourth-order valence-electron chi connectivity index (χ4n) is 5.17. The van der Waals surface area contributed by atoms with Crippen molar-refractivity contribution in [3.63, 3.8) is 0 Å². The van der Waals surface area contributed by atoms with Gasteiger partial charge in [-0.1, -0.05) is 54.6 Å². The molecule has 1 atom stereocenters. The summed E-state index contributed by atoms with van der Waals surface area (Å²) in [7, 11) is 0. The molecular weight excluding hydrogens is 386 g/mol. The van der Waals surface area contributed by atoms with Crippen molar-refractivity contribution < 1.29 is 9.53 Å². The zero-order chi connectivity index (χ0) is 20.8. The summed E-state index contributed by atoms with van der Waals surface area (Å²) in [5, 5.41) is 0. The molecule has 0 spiro atoms. The molecule has 156 valence electrons. The third-order valence-electron chi connectivity index (χ3n) is 6.71. The van der Waals surface area contributed by atoms with E-state index >= 15 is 0 Å². The van der Waals surface area contributed by atoms with Gasteiger partial charge < -0.3 is 14.5 Å². The number of anilines is 1. The van der Waals surface area contributed by atoms with E-state index in [0.717, 1.165) is 55.1 Å². The molecular formula is C26H25N3O2. The average Bonchev–Trinajstić information content (AvgIpc) is 3.11. The highest BCUT2D eigenvalue weighted by atomic mass is 16.5. The van der Waals surface area contributed by atoms with E-state index in [2.05, 4.69) is 59.5 Å². The lowest BCUT2D eigenvalue weighted by Gasteiger charge is -2.32. The maximum atomic E-state index is 13.4. The summed E-state index contributed by atoms with van der Waals surface area (Å²) in [6, 6.07) is 21.0. The normalized spacial score (nSPS) is 19.7. The van der Waals surface area contributed by atoms with Gasteiger partial charge in [-0.15, -0.1) is 0 Å². The van der Waals surface area contributed by atoms with Crippen LogP contribution in [-0.4, -0.2) is 48.6 Å². The maximum Gasteiger partial charge on any atom is 0.256 e. The molecule has 5 nitrogen and oxygen atoms in total. The SMILES string of the molecule is O=C1c2cc(N3CCOCC3)c(Cc3ccccc3)nc2C2c3ccccc3CCN12. The van der Waals surface area contributed by atoms with E-state index in [1.165, 1.54) is 16.7 Å². The molecule has 0 aliphatic carbocycles. The number of nitrogens with zero attached hydrogens (tertiary/aromatic N) is 3. The van der Waals surface area contributed by atoms with Gasteiger partial charge in [0.05, 0.1) is 35.9 Å². The van der Waals surface area contributed by atoms with Gasteiger partial charge in [0.2, 0.25) is 0 Å². The molecule has 0 radical (unpaired) electrons. The maximum absolute atomic E-state index is 13.4. The predicted octanol–water partition coefficient (Wildman–Crippen LogP) is 3.61. The first kappa shape index (κ1) is 18.6. The van der Waals surface area contributed by atoms with Crippen molar-refractivity contribution in [3.05, 3.63) is 94.3 Å². The van der Waals surface area contributed by atoms with Crippen LogP contribution < -0.4 is 4.90 Å². The molecule has 1 unspecified atom stereocenters. The Morgan fingerprint density at radius 1 is 0.968 bits per heavy atom. The molecule has 1 fully saturated rings. The number of pyridine rings is 1. The lowest BCUT2D eigenvalue weighted by atomic mass is 9.92. The third kappa shape index (κ3) is 3.12. The number of carbonyl (C=O) groups excluding carboxylic acids is 1. The van der Waals surface area contributed by atoms with Crippen molar-refractivity contribution in [3.8, 4) is 0 Å². The highest BCUT2D eigenvalue weighted by Gasteiger charge is 2.42. The second kappa shape index (κ2) is 7.50. The summed E-state index contributed by atoms with van der Waals surface area (Å²) in [4.78, 5) is 22.9. The Bertz CT molecular complexity index is 1140. The highest BCUT2D eigenvalue weighted by Crippen LogP contribution is 2.43. The van der Waals surface area contributed by atoms with Crippen molar-refractivity contribution in [1.82, 2.24) is 9.88 Å². The standard InChI is InChI=1S/C26H25N3O2/c30-26-21-17-23(28-12-14-31-15-13-28)22(16-18-6-2-1-3-7-18)27-24(21)25-20-9-5-4-8-19(20)10-11-29(25)26/h1-9,17,25H,10-16H2. The fraction of sp³-hybridized carbons (Fsp3) is 0.308. The van der Waals surface area contributed by atoms with Crippen LogP contribution in [-0.2, 0) is 17.6 Å². The smallest absolute Gasteiger partial charge is 0.256 e. The molecule has 1 aromatic heterocycles. The number of amides is 1. The molecule has 1 saturated heterocycles. The number of hydrogen-bond donors (Lipinski definition) is 0. The molecule has 4 heterocycles. The molecule has 0 saturated carbocycles. The van der Waals surface area contributed by atoms with Crippen LogP contribution in [0.15, 0.2) is 60.7 Å². The number of rotatable bonds is 3. The van der Waals surface area contributed by atoms with Crippen LogP contribution in [0.3, 0.4) is 0 Å². The number of carbonyl (C=O) groups is 1. The van der Waals surface area contributed by atoms with Gasteiger partial charge in [0, 0.05) is 26.1 Å². The summed E-state index contributed by atoms with van der Waals surface area (Å²) >= 11 is 0. The monoisotopic (exact) mass is 411 g/mol. The van der Waals surface area contributed by atoms with Crippen LogP contribution in [0.25, 0.3) is 0 Å². The van der Waals surface area contributed by atoms with Gasteiger partial charge in [0.15, 0.2) is 0 Å². The fourth-order valence-corrected chi connectivity index (χ4v) is 5.17. The van der Waals surface area contributed by atoms with Crippen molar-refractivity contribution >= 4 is 11.6 Å². The number of morpholine rings is 1. The molecule has 5 heteroatoms. The van der Waals surface area contributed by atoms with Crippen LogP contribution in [0.1, 0.15) is 44.5 Å². The van der Waals surface area contributed by atoms with Crippen molar-refractivity contribution in [2.75, 3.05) is 37.7 Å². The van der Waals surface area contributed by atoms with Gasteiger partial charge >= 0.3 is 0 Å². The molecule has 0 bridgehead atoms. The van der Waals surface area contributed by atoms with Crippen molar-refractivity contribution in [2.45, 2.75) is 18.9 Å². The van der Waals surface area contributed by atoms with Crippen molar-refractivity contribution in [2.24, 2.45) is 0 Å². The Balaban J connectivity index is 1.50. The summed E-state index contributed by atoms with van der Waals surface area (Å²) in [6.45, 7) is 3.81. The summed E-state index contributed by atoms with van der Waals surface area (Å²) in [5.41, 5.74) is 7.58. The molecule has 31 heavy (non-hydrogen) atoms. The lowest BCUT2D eigenvalue weighted by Crippen LogP contribution is -2.37. The van der Waals surface area contributed by atoms with E-state index in [-0.39, 0.29) is 11.9 Å². The first-order valence-electron chi connectivity index (χ1n) is 11.1. The largest absolute Gasteiger partial charge is 0.378 e. The van der Waals surface area contributed by atoms with E-state index < -0.39 is 0 Å². The topological polar surface area (TPSA) is 45.7 Å². The van der Waals surface area contributed by atoms with Crippen LogP contribution in [0.4, 0.5) is 5.69 Å². The van der Waals surface area contributed by atoms with Gasteiger partial charge in [-0.05, 0) is 29.2 Å². The Kier molecular flexibility index (Phi) is 4.50.